The molecule has 0 fully saturated rings. The molecule has 0 aliphatic heterocycles. The molecule has 7 heteroatoms. The van der Waals surface area contributed by atoms with Crippen LogP contribution < -0.4 is 16.2 Å². The molecule has 0 aromatic heterocycles. The van der Waals surface area contributed by atoms with E-state index < -0.39 is 16.1 Å². The highest BCUT2D eigenvalue weighted by atomic mass is 32.2. The predicted octanol–water partition coefficient (Wildman–Crippen LogP) is 0.885. The summed E-state index contributed by atoms with van der Waals surface area (Å²) < 4.78 is 22.4. The Morgan fingerprint density at radius 2 is 1.76 bits per heavy atom. The zero-order valence-electron chi connectivity index (χ0n) is 12.5. The summed E-state index contributed by atoms with van der Waals surface area (Å²) in [5, 5.41) is 7.86. The van der Waals surface area contributed by atoms with Crippen LogP contribution in [-0.4, -0.2) is 20.4 Å². The summed E-state index contributed by atoms with van der Waals surface area (Å²) in [6, 6.07) is 5.27. The van der Waals surface area contributed by atoms with Gasteiger partial charge in [0.15, 0.2) is 0 Å². The molecule has 6 nitrogen and oxygen atoms in total. The molecule has 21 heavy (non-hydrogen) atoms. The summed E-state index contributed by atoms with van der Waals surface area (Å²) in [7, 11) is -3.70. The zero-order valence-corrected chi connectivity index (χ0v) is 13.4. The first-order valence-electron chi connectivity index (χ1n) is 6.85. The third-order valence-electron chi connectivity index (χ3n) is 3.63. The van der Waals surface area contributed by atoms with Crippen molar-refractivity contribution in [1.82, 2.24) is 5.32 Å². The maximum Gasteiger partial charge on any atom is 0.238 e. The highest BCUT2D eigenvalue weighted by Crippen LogP contribution is 2.16. The Balaban J connectivity index is 2.76. The standard InChI is InChI=1S/C14H23N3O3S/c1-4-9(2)13(15)14(18)17-10(3)11-5-7-12(8-6-11)21(16,19)20/h5-10,13H,4,15H2,1-3H3,(H,17,18)(H2,16,19,20)/t9?,10?,13-/m0/s1. The molecule has 3 atom stereocenters. The predicted molar refractivity (Wildman–Crippen MR) is 81.8 cm³/mol. The van der Waals surface area contributed by atoms with E-state index in [2.05, 4.69) is 5.32 Å². The molecule has 2 unspecified atom stereocenters. The molecular formula is C14H23N3O3S. The first kappa shape index (κ1) is 17.6. The van der Waals surface area contributed by atoms with Gasteiger partial charge in [-0.2, -0.15) is 0 Å². The lowest BCUT2D eigenvalue weighted by molar-refractivity contribution is -0.124. The summed E-state index contributed by atoms with van der Waals surface area (Å²) in [4.78, 5) is 12.0. The second-order valence-electron chi connectivity index (χ2n) is 5.26. The molecule has 5 N–H and O–H groups in total. The second kappa shape index (κ2) is 7.02. The van der Waals surface area contributed by atoms with E-state index in [9.17, 15) is 13.2 Å². The molecule has 0 radical (unpaired) electrons. The van der Waals surface area contributed by atoms with Gasteiger partial charge in [-0.25, -0.2) is 13.6 Å². The third kappa shape index (κ3) is 4.80. The van der Waals surface area contributed by atoms with Gasteiger partial charge < -0.3 is 11.1 Å². The molecule has 1 rings (SSSR count). The SMILES string of the molecule is CCC(C)[C@H](N)C(=O)NC(C)c1ccc(S(N)(=O)=O)cc1. The lowest BCUT2D eigenvalue weighted by atomic mass is 9.98. The minimum absolute atomic E-state index is 0.0427. The number of rotatable bonds is 6. The van der Waals surface area contributed by atoms with Crippen LogP contribution in [0.1, 0.15) is 38.8 Å². The van der Waals surface area contributed by atoms with Crippen LogP contribution in [0.3, 0.4) is 0 Å². The van der Waals surface area contributed by atoms with Crippen LogP contribution in [0, 0.1) is 5.92 Å². The minimum atomic E-state index is -3.70. The van der Waals surface area contributed by atoms with E-state index in [1.54, 1.807) is 12.1 Å². The fourth-order valence-electron chi connectivity index (χ4n) is 1.85. The Hall–Kier alpha value is -1.44. The lowest BCUT2D eigenvalue weighted by Crippen LogP contribution is -2.45. The summed E-state index contributed by atoms with van der Waals surface area (Å²) in [5.41, 5.74) is 6.66. The van der Waals surface area contributed by atoms with Gasteiger partial charge in [0.1, 0.15) is 0 Å². The van der Waals surface area contributed by atoms with Gasteiger partial charge in [0.2, 0.25) is 15.9 Å². The Morgan fingerprint density at radius 3 is 2.19 bits per heavy atom. The van der Waals surface area contributed by atoms with Crippen molar-refractivity contribution in [1.29, 1.82) is 0 Å². The van der Waals surface area contributed by atoms with Crippen LogP contribution in [0.15, 0.2) is 29.2 Å². The Labute approximate surface area is 126 Å². The number of hydrogen-bond donors (Lipinski definition) is 3. The van der Waals surface area contributed by atoms with Crippen LogP contribution in [0.5, 0.6) is 0 Å². The van der Waals surface area contributed by atoms with Crippen LogP contribution >= 0.6 is 0 Å². The maximum absolute atomic E-state index is 12.0. The van der Waals surface area contributed by atoms with Crippen LogP contribution in [-0.2, 0) is 14.8 Å². The first-order chi connectivity index (χ1) is 9.66. The fourth-order valence-corrected chi connectivity index (χ4v) is 2.37. The van der Waals surface area contributed by atoms with E-state index in [1.165, 1.54) is 12.1 Å². The quantitative estimate of drug-likeness (QED) is 0.723. The van der Waals surface area contributed by atoms with Crippen molar-refractivity contribution in [2.24, 2.45) is 16.8 Å². The topological polar surface area (TPSA) is 115 Å². The molecule has 0 aliphatic rings. The molecule has 0 aliphatic carbocycles. The summed E-state index contributed by atoms with van der Waals surface area (Å²) in [6.07, 6.45) is 0.825. The van der Waals surface area contributed by atoms with E-state index >= 15 is 0 Å². The second-order valence-corrected chi connectivity index (χ2v) is 6.82. The number of amides is 1. The maximum atomic E-state index is 12.0. The van der Waals surface area contributed by atoms with Gasteiger partial charge in [-0.1, -0.05) is 32.4 Å². The molecule has 1 aromatic carbocycles. The Morgan fingerprint density at radius 1 is 1.24 bits per heavy atom. The third-order valence-corrected chi connectivity index (χ3v) is 4.56. The van der Waals surface area contributed by atoms with Crippen molar-refractivity contribution in [2.45, 2.75) is 44.2 Å². The van der Waals surface area contributed by atoms with Gasteiger partial charge in [0, 0.05) is 0 Å². The largest absolute Gasteiger partial charge is 0.348 e. The first-order valence-corrected chi connectivity index (χ1v) is 8.40. The van der Waals surface area contributed by atoms with Gasteiger partial charge in [-0.05, 0) is 30.5 Å². The number of nitrogens with two attached hydrogens (primary N) is 2. The summed E-state index contributed by atoms with van der Waals surface area (Å²) in [6.45, 7) is 5.72. The highest BCUT2D eigenvalue weighted by molar-refractivity contribution is 7.89. The van der Waals surface area contributed by atoms with Crippen molar-refractivity contribution in [3.63, 3.8) is 0 Å². The number of primary sulfonamides is 1. The van der Waals surface area contributed by atoms with Gasteiger partial charge in [0.25, 0.3) is 0 Å². The summed E-state index contributed by atoms with van der Waals surface area (Å²) in [5.74, 6) is -0.116. The van der Waals surface area contributed by atoms with E-state index in [1.807, 2.05) is 20.8 Å². The number of carbonyl (C=O) groups is 1. The normalized spacial score (nSPS) is 16.0. The summed E-state index contributed by atoms with van der Waals surface area (Å²) >= 11 is 0. The monoisotopic (exact) mass is 313 g/mol. The van der Waals surface area contributed by atoms with E-state index in [0.29, 0.717) is 0 Å². The Kier molecular flexibility index (Phi) is 5.88. The molecule has 0 bridgehead atoms. The van der Waals surface area contributed by atoms with Crippen LogP contribution in [0.2, 0.25) is 0 Å². The van der Waals surface area contributed by atoms with Gasteiger partial charge in [0.05, 0.1) is 17.0 Å². The van der Waals surface area contributed by atoms with Crippen molar-refractivity contribution < 1.29 is 13.2 Å². The zero-order chi connectivity index (χ0) is 16.2. The van der Waals surface area contributed by atoms with Crippen molar-refractivity contribution in [3.8, 4) is 0 Å². The van der Waals surface area contributed by atoms with Crippen molar-refractivity contribution in [2.75, 3.05) is 0 Å². The molecule has 1 amide bonds. The minimum Gasteiger partial charge on any atom is -0.348 e. The highest BCUT2D eigenvalue weighted by Gasteiger charge is 2.21. The van der Waals surface area contributed by atoms with E-state index in [4.69, 9.17) is 10.9 Å². The number of sulfonamides is 1. The number of hydrogen-bond acceptors (Lipinski definition) is 4. The molecular weight excluding hydrogens is 290 g/mol. The molecule has 0 heterocycles. The van der Waals surface area contributed by atoms with Crippen LogP contribution in [0.4, 0.5) is 0 Å². The number of nitrogens with one attached hydrogen (secondary N) is 1. The van der Waals surface area contributed by atoms with Crippen molar-refractivity contribution >= 4 is 15.9 Å². The molecule has 0 spiro atoms. The van der Waals surface area contributed by atoms with Crippen LogP contribution in [0.25, 0.3) is 0 Å². The number of carbonyl (C=O) groups excluding carboxylic acids is 1. The van der Waals surface area contributed by atoms with Crippen molar-refractivity contribution in [3.05, 3.63) is 29.8 Å². The fraction of sp³-hybridized carbons (Fsp3) is 0.500. The van der Waals surface area contributed by atoms with E-state index in [0.717, 1.165) is 12.0 Å². The smallest absolute Gasteiger partial charge is 0.238 e. The van der Waals surface area contributed by atoms with Gasteiger partial charge >= 0.3 is 0 Å². The molecule has 0 saturated heterocycles. The number of benzene rings is 1. The average molecular weight is 313 g/mol. The van der Waals surface area contributed by atoms with E-state index in [-0.39, 0.29) is 22.8 Å². The average Bonchev–Trinajstić information content (AvgIpc) is 2.44. The van der Waals surface area contributed by atoms with Gasteiger partial charge in [-0.15, -0.1) is 0 Å². The molecule has 1 aromatic rings. The Bertz CT molecular complexity index is 584. The van der Waals surface area contributed by atoms with Gasteiger partial charge in [-0.3, -0.25) is 4.79 Å². The molecule has 0 saturated carbocycles. The lowest BCUT2D eigenvalue weighted by Gasteiger charge is -2.21. The molecule has 118 valence electrons.